The van der Waals surface area contributed by atoms with E-state index in [-0.39, 0.29) is 48.5 Å². The van der Waals surface area contributed by atoms with Gasteiger partial charge < -0.3 is 26.9 Å². The van der Waals surface area contributed by atoms with Gasteiger partial charge in [0, 0.05) is 50.6 Å². The summed E-state index contributed by atoms with van der Waals surface area (Å²) >= 11 is 1.55. The maximum absolute atomic E-state index is 6.74. The average Bonchev–Trinajstić information content (AvgIpc) is 2.68. The zero-order valence-electron chi connectivity index (χ0n) is 24.1. The molecule has 0 aromatic heterocycles. The Labute approximate surface area is 225 Å². The molecule has 7 unspecified atom stereocenters. The molecule has 0 aromatic carbocycles. The summed E-state index contributed by atoms with van der Waals surface area (Å²) in [4.78, 5) is 4.80. The molecule has 4 saturated heterocycles. The minimum Gasteiger partial charge on any atom is -0.369 e. The second-order valence-electron chi connectivity index (χ2n) is 11.8. The highest BCUT2D eigenvalue weighted by Crippen LogP contribution is 2.39. The Morgan fingerprint density at radius 3 is 1.75 bits per heavy atom. The van der Waals surface area contributed by atoms with E-state index >= 15 is 0 Å². The Hall–Kier alpha value is 0.247. The third-order valence-corrected chi connectivity index (χ3v) is 11.7. The fourth-order valence-corrected chi connectivity index (χ4v) is 11.0. The summed E-state index contributed by atoms with van der Waals surface area (Å²) in [5.74, 6) is 1.33. The van der Waals surface area contributed by atoms with E-state index in [9.17, 15) is 0 Å². The SMILES string of the molecule is CC(C)CC(CSOC(C)CN1CC(C)OC(C)OC(C)C1)[Si]12OC(C)CN(CC(C)O1)CC(C)O2. The maximum Gasteiger partial charge on any atom is 0.506 e. The molecule has 8 nitrogen and oxygen atoms in total. The van der Waals surface area contributed by atoms with Crippen LogP contribution < -0.4 is 0 Å². The third-order valence-electron chi connectivity index (χ3n) is 6.79. The van der Waals surface area contributed by atoms with Crippen LogP contribution >= 0.6 is 12.0 Å². The highest BCUT2D eigenvalue weighted by atomic mass is 32.2. The van der Waals surface area contributed by atoms with Gasteiger partial charge in [-0.2, -0.15) is 0 Å². The lowest BCUT2D eigenvalue weighted by Gasteiger charge is -2.48. The normalized spacial score (nSPS) is 40.7. The first-order valence-electron chi connectivity index (χ1n) is 14.0. The van der Waals surface area contributed by atoms with Crippen molar-refractivity contribution in [2.45, 2.75) is 117 Å². The van der Waals surface area contributed by atoms with E-state index in [0.717, 1.165) is 51.4 Å². The summed E-state index contributed by atoms with van der Waals surface area (Å²) < 4.78 is 38.4. The molecule has 0 radical (unpaired) electrons. The van der Waals surface area contributed by atoms with Gasteiger partial charge in [0.15, 0.2) is 6.29 Å². The lowest BCUT2D eigenvalue weighted by molar-refractivity contribution is -0.199. The summed E-state index contributed by atoms with van der Waals surface area (Å²) in [5.41, 5.74) is 0.191. The first-order chi connectivity index (χ1) is 16.9. The molecule has 4 aliphatic heterocycles. The van der Waals surface area contributed by atoms with E-state index in [1.54, 1.807) is 12.0 Å². The standard InChI is InChI=1S/C26H52N2O6SSi/c1-18(2)10-26(36-32-22(6)14-28(15-23(7)33-36)16-24(8)34-36)17-35-31-21(5)13-27-11-19(3)29-25(9)30-20(4)12-27/h18-26H,10-17H2,1-9H3. The molecule has 10 heteroatoms. The number of hydrogen-bond acceptors (Lipinski definition) is 9. The summed E-state index contributed by atoms with van der Waals surface area (Å²) in [5, 5.41) is 0. The number of hydrogen-bond donors (Lipinski definition) is 0. The van der Waals surface area contributed by atoms with Crippen LogP contribution in [0.4, 0.5) is 0 Å². The van der Waals surface area contributed by atoms with Gasteiger partial charge in [0.2, 0.25) is 0 Å². The van der Waals surface area contributed by atoms with E-state index in [4.69, 9.17) is 26.9 Å². The molecule has 0 spiro atoms. The van der Waals surface area contributed by atoms with Gasteiger partial charge in [-0.05, 0) is 72.8 Å². The summed E-state index contributed by atoms with van der Waals surface area (Å²) in [6.07, 6.45) is 1.46. The van der Waals surface area contributed by atoms with Crippen molar-refractivity contribution in [3.63, 3.8) is 0 Å². The Morgan fingerprint density at radius 2 is 1.28 bits per heavy atom. The Morgan fingerprint density at radius 1 is 0.778 bits per heavy atom. The zero-order valence-corrected chi connectivity index (χ0v) is 25.9. The minimum absolute atomic E-state index is 0.0767. The molecule has 0 saturated carbocycles. The molecule has 212 valence electrons. The number of ether oxygens (including phenoxy) is 2. The van der Waals surface area contributed by atoms with Crippen molar-refractivity contribution in [3.8, 4) is 0 Å². The van der Waals surface area contributed by atoms with Gasteiger partial charge in [-0.15, -0.1) is 0 Å². The minimum atomic E-state index is -2.93. The monoisotopic (exact) mass is 548 g/mol. The van der Waals surface area contributed by atoms with Crippen LogP contribution in [0.25, 0.3) is 0 Å². The van der Waals surface area contributed by atoms with Crippen molar-refractivity contribution in [2.24, 2.45) is 5.92 Å². The van der Waals surface area contributed by atoms with Gasteiger partial charge in [-0.3, -0.25) is 9.80 Å². The third kappa shape index (κ3) is 9.46. The molecule has 0 amide bonds. The highest BCUT2D eigenvalue weighted by Gasteiger charge is 2.55. The summed E-state index contributed by atoms with van der Waals surface area (Å²) in [6.45, 7) is 24.7. The first kappa shape index (κ1) is 30.8. The van der Waals surface area contributed by atoms with Crippen molar-refractivity contribution in [2.75, 3.05) is 45.0 Å². The van der Waals surface area contributed by atoms with Crippen LogP contribution in [0.2, 0.25) is 5.54 Å². The Kier molecular flexibility index (Phi) is 12.0. The van der Waals surface area contributed by atoms with Crippen LogP contribution in [0.3, 0.4) is 0 Å². The van der Waals surface area contributed by atoms with Crippen molar-refractivity contribution < 1.29 is 26.9 Å². The van der Waals surface area contributed by atoms with Crippen LogP contribution in [0.1, 0.15) is 68.7 Å². The predicted octanol–water partition coefficient (Wildman–Crippen LogP) is 4.41. The topological polar surface area (TPSA) is 61.9 Å². The van der Waals surface area contributed by atoms with Gasteiger partial charge in [0.1, 0.15) is 0 Å². The number of nitrogens with zero attached hydrogens (tertiary/aromatic N) is 2. The zero-order chi connectivity index (χ0) is 26.5. The molecule has 4 fully saturated rings. The number of rotatable bonds is 9. The summed E-state index contributed by atoms with van der Waals surface area (Å²) in [6, 6.07) is 0. The summed E-state index contributed by atoms with van der Waals surface area (Å²) in [7, 11) is -2.93. The molecule has 0 N–H and O–H groups in total. The van der Waals surface area contributed by atoms with Crippen molar-refractivity contribution >= 4 is 20.8 Å². The van der Waals surface area contributed by atoms with E-state index < -0.39 is 8.80 Å². The van der Waals surface area contributed by atoms with E-state index in [2.05, 4.69) is 65.2 Å². The van der Waals surface area contributed by atoms with Gasteiger partial charge >= 0.3 is 8.80 Å². The van der Waals surface area contributed by atoms with E-state index in [1.165, 1.54) is 0 Å². The van der Waals surface area contributed by atoms with Gasteiger partial charge in [0.25, 0.3) is 0 Å². The van der Waals surface area contributed by atoms with Crippen LogP contribution in [0, 0.1) is 5.92 Å². The number of fused-ring (bicyclic) bond motifs is 6. The van der Waals surface area contributed by atoms with Crippen LogP contribution in [-0.2, 0) is 26.9 Å². The molecular formula is C26H52N2O6SSi. The van der Waals surface area contributed by atoms with Gasteiger partial charge in [-0.1, -0.05) is 13.8 Å². The fourth-order valence-electron chi connectivity index (χ4n) is 5.88. The van der Waals surface area contributed by atoms with E-state index in [0.29, 0.717) is 5.92 Å². The first-order valence-corrected chi connectivity index (χ1v) is 16.7. The smallest absolute Gasteiger partial charge is 0.369 e. The lowest BCUT2D eigenvalue weighted by Crippen LogP contribution is -2.63. The average molecular weight is 549 g/mol. The Balaban J connectivity index is 1.62. The van der Waals surface area contributed by atoms with Crippen LogP contribution in [-0.4, -0.2) is 107 Å². The fraction of sp³-hybridized carbons (Fsp3) is 1.00. The van der Waals surface area contributed by atoms with E-state index in [1.807, 2.05) is 6.92 Å². The van der Waals surface area contributed by atoms with Crippen molar-refractivity contribution in [1.82, 2.24) is 9.80 Å². The predicted molar refractivity (Wildman–Crippen MR) is 147 cm³/mol. The maximum atomic E-state index is 6.74. The largest absolute Gasteiger partial charge is 0.506 e. The quantitative estimate of drug-likeness (QED) is 0.308. The van der Waals surface area contributed by atoms with Crippen molar-refractivity contribution in [3.05, 3.63) is 0 Å². The second kappa shape index (κ2) is 14.0. The molecular weight excluding hydrogens is 496 g/mol. The molecule has 2 bridgehead atoms. The second-order valence-corrected chi connectivity index (χ2v) is 15.3. The Bertz CT molecular complexity index is 614. The van der Waals surface area contributed by atoms with Gasteiger partial charge in [0.05, 0.1) is 36.6 Å². The molecule has 0 aliphatic carbocycles. The molecule has 36 heavy (non-hydrogen) atoms. The van der Waals surface area contributed by atoms with Gasteiger partial charge in [-0.25, -0.2) is 0 Å². The molecule has 0 aromatic rings. The van der Waals surface area contributed by atoms with Crippen molar-refractivity contribution in [1.29, 1.82) is 0 Å². The molecule has 7 atom stereocenters. The van der Waals surface area contributed by atoms with Crippen LogP contribution in [0.5, 0.6) is 0 Å². The molecule has 4 heterocycles. The molecule has 4 aliphatic rings. The highest BCUT2D eigenvalue weighted by molar-refractivity contribution is 7.94. The molecule has 4 rings (SSSR count). The lowest BCUT2D eigenvalue weighted by atomic mass is 10.1. The van der Waals surface area contributed by atoms with Crippen LogP contribution in [0.15, 0.2) is 0 Å².